The van der Waals surface area contributed by atoms with Gasteiger partial charge in [-0.2, -0.15) is 13.2 Å². The third-order valence-electron chi connectivity index (χ3n) is 5.84. The Morgan fingerprint density at radius 2 is 1.91 bits per heavy atom. The van der Waals surface area contributed by atoms with Crippen molar-refractivity contribution in [3.05, 3.63) is 93.2 Å². The van der Waals surface area contributed by atoms with Gasteiger partial charge in [-0.25, -0.2) is 4.79 Å². The van der Waals surface area contributed by atoms with Gasteiger partial charge in [0.25, 0.3) is 5.56 Å². The summed E-state index contributed by atoms with van der Waals surface area (Å²) >= 11 is 0. The number of halogens is 3. The normalized spacial score (nSPS) is 14.2. The highest BCUT2D eigenvalue weighted by Crippen LogP contribution is 2.30. The molecule has 1 aromatic carbocycles. The van der Waals surface area contributed by atoms with Crippen molar-refractivity contribution in [3.63, 3.8) is 0 Å². The summed E-state index contributed by atoms with van der Waals surface area (Å²) in [5, 5.41) is 0. The number of fused-ring (bicyclic) bond motifs is 1. The molecule has 2 aromatic heterocycles. The molecule has 10 heteroatoms. The molecule has 4 rings (SSSR count). The standard InChI is InChI=1S/C25H24F3N3O4/c1-34-24(33)23-20-8-10-30(15-17-5-4-6-18(13-17)25(26,27)28)11-12-31(20)22(32)14-21(23)35-16-19-7-2-3-9-29-19/h2-7,9,13-14H,8,10-12,15-16H2,1H3. The first-order valence-corrected chi connectivity index (χ1v) is 11.0. The molecule has 0 radical (unpaired) electrons. The molecule has 0 aliphatic carbocycles. The quantitative estimate of drug-likeness (QED) is 0.494. The average molecular weight is 487 g/mol. The molecule has 0 fully saturated rings. The molecule has 0 atom stereocenters. The second-order valence-corrected chi connectivity index (χ2v) is 8.15. The number of hydrogen-bond acceptors (Lipinski definition) is 6. The zero-order valence-corrected chi connectivity index (χ0v) is 19.0. The summed E-state index contributed by atoms with van der Waals surface area (Å²) in [5.41, 5.74) is 0.767. The number of carbonyl (C=O) groups is 1. The number of carbonyl (C=O) groups excluding carboxylic acids is 1. The highest BCUT2D eigenvalue weighted by atomic mass is 19.4. The fourth-order valence-electron chi connectivity index (χ4n) is 4.13. The average Bonchev–Trinajstić information content (AvgIpc) is 3.06. The van der Waals surface area contributed by atoms with E-state index >= 15 is 0 Å². The van der Waals surface area contributed by atoms with E-state index in [1.165, 1.54) is 23.8 Å². The molecule has 35 heavy (non-hydrogen) atoms. The predicted octanol–water partition coefficient (Wildman–Crippen LogP) is 3.69. The number of hydrogen-bond donors (Lipinski definition) is 0. The summed E-state index contributed by atoms with van der Waals surface area (Å²) in [6.07, 6.45) is -2.48. The van der Waals surface area contributed by atoms with Gasteiger partial charge in [-0.1, -0.05) is 24.3 Å². The van der Waals surface area contributed by atoms with Crippen molar-refractivity contribution in [2.45, 2.75) is 32.3 Å². The van der Waals surface area contributed by atoms with Gasteiger partial charge in [0, 0.05) is 50.6 Å². The maximum absolute atomic E-state index is 13.1. The van der Waals surface area contributed by atoms with E-state index in [1.807, 2.05) is 4.90 Å². The molecule has 0 bridgehead atoms. The third-order valence-corrected chi connectivity index (χ3v) is 5.84. The zero-order chi connectivity index (χ0) is 25.0. The monoisotopic (exact) mass is 487 g/mol. The lowest BCUT2D eigenvalue weighted by Crippen LogP contribution is -2.29. The lowest BCUT2D eigenvalue weighted by molar-refractivity contribution is -0.137. The van der Waals surface area contributed by atoms with Crippen LogP contribution in [0.1, 0.15) is 32.9 Å². The van der Waals surface area contributed by atoms with E-state index in [1.54, 1.807) is 30.5 Å². The van der Waals surface area contributed by atoms with Crippen LogP contribution in [0.15, 0.2) is 59.5 Å². The van der Waals surface area contributed by atoms with E-state index in [-0.39, 0.29) is 36.6 Å². The van der Waals surface area contributed by atoms with Gasteiger partial charge in [-0.15, -0.1) is 0 Å². The zero-order valence-electron chi connectivity index (χ0n) is 19.0. The Balaban J connectivity index is 1.58. The van der Waals surface area contributed by atoms with E-state index in [0.29, 0.717) is 36.5 Å². The molecule has 0 spiro atoms. The number of benzene rings is 1. The van der Waals surface area contributed by atoms with E-state index in [0.717, 1.165) is 12.1 Å². The minimum Gasteiger partial charge on any atom is -0.486 e. The van der Waals surface area contributed by atoms with Crippen molar-refractivity contribution in [2.24, 2.45) is 0 Å². The highest BCUT2D eigenvalue weighted by Gasteiger charge is 2.31. The van der Waals surface area contributed by atoms with Gasteiger partial charge in [-0.3, -0.25) is 14.7 Å². The predicted molar refractivity (Wildman–Crippen MR) is 121 cm³/mol. The fraction of sp³-hybridized carbons (Fsp3) is 0.320. The number of rotatable bonds is 6. The van der Waals surface area contributed by atoms with E-state index < -0.39 is 17.7 Å². The first kappa shape index (κ1) is 24.5. The summed E-state index contributed by atoms with van der Waals surface area (Å²) < 4.78 is 51.5. The van der Waals surface area contributed by atoms with Crippen LogP contribution in [0.3, 0.4) is 0 Å². The molecule has 1 aliphatic rings. The molecule has 184 valence electrons. The third kappa shape index (κ3) is 5.71. The number of alkyl halides is 3. The molecule has 0 saturated heterocycles. The maximum atomic E-state index is 13.1. The second-order valence-electron chi connectivity index (χ2n) is 8.15. The first-order valence-electron chi connectivity index (χ1n) is 11.0. The van der Waals surface area contributed by atoms with Gasteiger partial charge < -0.3 is 14.0 Å². The Hall–Kier alpha value is -3.66. The van der Waals surface area contributed by atoms with Crippen LogP contribution in [-0.4, -0.2) is 40.6 Å². The number of pyridine rings is 2. The SMILES string of the molecule is COC(=O)c1c(OCc2ccccn2)cc(=O)n2c1CCN(Cc1cccc(C(F)(F)F)c1)CC2. The molecule has 1 aliphatic heterocycles. The Morgan fingerprint density at radius 1 is 1.09 bits per heavy atom. The van der Waals surface area contributed by atoms with Gasteiger partial charge >= 0.3 is 12.1 Å². The van der Waals surface area contributed by atoms with Crippen LogP contribution in [0.5, 0.6) is 5.75 Å². The van der Waals surface area contributed by atoms with Crippen molar-refractivity contribution >= 4 is 5.97 Å². The highest BCUT2D eigenvalue weighted by molar-refractivity contribution is 5.93. The van der Waals surface area contributed by atoms with Crippen molar-refractivity contribution in [1.29, 1.82) is 0 Å². The summed E-state index contributed by atoms with van der Waals surface area (Å²) in [7, 11) is 1.25. The van der Waals surface area contributed by atoms with Crippen molar-refractivity contribution in [3.8, 4) is 5.75 Å². The molecular weight excluding hydrogens is 463 g/mol. The number of esters is 1. The first-order chi connectivity index (χ1) is 16.8. The largest absolute Gasteiger partial charge is 0.486 e. The van der Waals surface area contributed by atoms with Crippen LogP contribution in [0.25, 0.3) is 0 Å². The lowest BCUT2D eigenvalue weighted by Gasteiger charge is -2.20. The fourth-order valence-corrected chi connectivity index (χ4v) is 4.13. The van der Waals surface area contributed by atoms with Gasteiger partial charge in [0.15, 0.2) is 0 Å². The minimum absolute atomic E-state index is 0.0649. The minimum atomic E-state index is -4.42. The molecule has 0 saturated carbocycles. The smallest absolute Gasteiger partial charge is 0.416 e. The number of methoxy groups -OCH3 is 1. The maximum Gasteiger partial charge on any atom is 0.416 e. The second kappa shape index (κ2) is 10.3. The number of nitrogens with zero attached hydrogens (tertiary/aromatic N) is 3. The van der Waals surface area contributed by atoms with Crippen LogP contribution >= 0.6 is 0 Å². The molecule has 0 amide bonds. The van der Waals surface area contributed by atoms with Crippen LogP contribution in [0.4, 0.5) is 13.2 Å². The van der Waals surface area contributed by atoms with Crippen molar-refractivity contribution in [1.82, 2.24) is 14.5 Å². The van der Waals surface area contributed by atoms with E-state index in [9.17, 15) is 22.8 Å². The molecule has 7 nitrogen and oxygen atoms in total. The van der Waals surface area contributed by atoms with Crippen LogP contribution in [-0.2, 0) is 37.0 Å². The summed E-state index contributed by atoms with van der Waals surface area (Å²) in [6.45, 7) is 1.48. The van der Waals surface area contributed by atoms with Gasteiger partial charge in [0.05, 0.1) is 18.4 Å². The summed E-state index contributed by atoms with van der Waals surface area (Å²) in [4.78, 5) is 31.7. The van der Waals surface area contributed by atoms with Gasteiger partial charge in [-0.05, 0) is 23.8 Å². The Labute approximate surface area is 199 Å². The molecular formula is C25H24F3N3O4. The molecule has 0 N–H and O–H groups in total. The Morgan fingerprint density at radius 3 is 2.63 bits per heavy atom. The summed E-state index contributed by atoms with van der Waals surface area (Å²) in [6, 6.07) is 11.8. The summed E-state index contributed by atoms with van der Waals surface area (Å²) in [5.74, 6) is -0.513. The molecule has 3 heterocycles. The molecule has 3 aromatic rings. The van der Waals surface area contributed by atoms with Crippen LogP contribution < -0.4 is 10.3 Å². The van der Waals surface area contributed by atoms with Crippen molar-refractivity contribution in [2.75, 3.05) is 20.2 Å². The van der Waals surface area contributed by atoms with Gasteiger partial charge in [0.1, 0.15) is 17.9 Å². The Bertz CT molecular complexity index is 1260. The van der Waals surface area contributed by atoms with Crippen molar-refractivity contribution < 1.29 is 27.4 Å². The van der Waals surface area contributed by atoms with E-state index in [4.69, 9.17) is 9.47 Å². The topological polar surface area (TPSA) is 73.7 Å². The van der Waals surface area contributed by atoms with Crippen LogP contribution in [0, 0.1) is 0 Å². The van der Waals surface area contributed by atoms with Gasteiger partial charge in [0.2, 0.25) is 0 Å². The van der Waals surface area contributed by atoms with E-state index in [2.05, 4.69) is 4.98 Å². The lowest BCUT2D eigenvalue weighted by atomic mass is 10.1. The Kier molecular flexibility index (Phi) is 7.20. The number of ether oxygens (including phenoxy) is 2. The number of aromatic nitrogens is 2. The molecule has 0 unspecified atom stereocenters. The van der Waals surface area contributed by atoms with Crippen LogP contribution in [0.2, 0.25) is 0 Å².